The van der Waals surface area contributed by atoms with E-state index in [4.69, 9.17) is 25.7 Å². The zero-order valence-corrected chi connectivity index (χ0v) is 14.5. The zero-order chi connectivity index (χ0) is 16.2. The molecule has 0 amide bonds. The Labute approximate surface area is 143 Å². The van der Waals surface area contributed by atoms with Crippen molar-refractivity contribution in [2.45, 2.75) is 13.0 Å². The Balaban J connectivity index is 2.13. The molecule has 1 aromatic carbocycles. The third-order valence-corrected chi connectivity index (χ3v) is 4.47. The molecule has 0 saturated heterocycles. The number of halogens is 1. The number of methoxy groups -OCH3 is 1. The van der Waals surface area contributed by atoms with Crippen molar-refractivity contribution in [3.63, 3.8) is 0 Å². The number of benzene rings is 1. The second-order valence-corrected chi connectivity index (χ2v) is 6.42. The summed E-state index contributed by atoms with van der Waals surface area (Å²) in [5, 5.41) is 2.72. The first-order valence-corrected chi connectivity index (χ1v) is 8.48. The van der Waals surface area contributed by atoms with Gasteiger partial charge in [-0.3, -0.25) is 0 Å². The molecule has 3 rings (SSSR count). The second-order valence-electron chi connectivity index (χ2n) is 5.15. The summed E-state index contributed by atoms with van der Waals surface area (Å²) in [5.74, 6) is 0.816. The zero-order valence-electron chi connectivity index (χ0n) is 12.9. The van der Waals surface area contributed by atoms with Crippen molar-refractivity contribution in [3.05, 3.63) is 57.9 Å². The van der Waals surface area contributed by atoms with E-state index >= 15 is 0 Å². The van der Waals surface area contributed by atoms with Crippen molar-refractivity contribution in [1.82, 2.24) is 4.57 Å². The van der Waals surface area contributed by atoms with Gasteiger partial charge in [0.2, 0.25) is 0 Å². The van der Waals surface area contributed by atoms with Crippen molar-refractivity contribution in [3.8, 4) is 11.5 Å². The summed E-state index contributed by atoms with van der Waals surface area (Å²) >= 11 is 7.62. The summed E-state index contributed by atoms with van der Waals surface area (Å²) in [7, 11) is 1.70. The Kier molecular flexibility index (Phi) is 5.00. The normalized spacial score (nSPS) is 13.4. The molecule has 2 heterocycles. The number of ether oxygens (including phenoxy) is 1. The van der Waals surface area contributed by atoms with Gasteiger partial charge in [0.1, 0.15) is 0 Å². The van der Waals surface area contributed by atoms with Gasteiger partial charge >= 0.3 is 0 Å². The van der Waals surface area contributed by atoms with E-state index in [9.17, 15) is 0 Å². The largest absolute Gasteiger partial charge is 0.463 e. The summed E-state index contributed by atoms with van der Waals surface area (Å²) in [5.41, 5.74) is 1.81. The number of thiazole rings is 1. The molecule has 0 spiro atoms. The Bertz CT molecular complexity index is 836. The molecule has 0 aliphatic rings. The van der Waals surface area contributed by atoms with Gasteiger partial charge in [-0.1, -0.05) is 17.7 Å². The molecule has 6 heteroatoms. The van der Waals surface area contributed by atoms with Crippen LogP contribution in [0.2, 0.25) is 5.02 Å². The van der Waals surface area contributed by atoms with E-state index in [0.717, 1.165) is 21.9 Å². The quantitative estimate of drug-likeness (QED) is 0.657. The van der Waals surface area contributed by atoms with Crippen LogP contribution in [0.4, 0.5) is 5.69 Å². The molecule has 0 aliphatic heterocycles. The van der Waals surface area contributed by atoms with Gasteiger partial charge in [0.15, 0.2) is 10.6 Å². The molecule has 0 radical (unpaired) electrons. The highest BCUT2D eigenvalue weighted by molar-refractivity contribution is 7.07. The predicted octanol–water partition coefficient (Wildman–Crippen LogP) is 4.90. The minimum atomic E-state index is 0.129. The van der Waals surface area contributed by atoms with E-state index in [2.05, 4.69) is 11.5 Å². The molecule has 1 unspecified atom stereocenters. The fourth-order valence-corrected chi connectivity index (χ4v) is 3.59. The summed E-state index contributed by atoms with van der Waals surface area (Å²) in [6, 6.07) is 11.5. The molecular weight excluding hydrogens is 332 g/mol. The van der Waals surface area contributed by atoms with Crippen LogP contribution in [-0.2, 0) is 4.74 Å². The van der Waals surface area contributed by atoms with Gasteiger partial charge in [-0.05, 0) is 37.3 Å². The summed E-state index contributed by atoms with van der Waals surface area (Å²) < 4.78 is 13.0. The maximum absolute atomic E-state index is 6.05. The first-order valence-electron chi connectivity index (χ1n) is 7.22. The van der Waals surface area contributed by atoms with E-state index in [1.54, 1.807) is 24.7 Å². The lowest BCUT2D eigenvalue weighted by Crippen LogP contribution is -2.22. The molecule has 0 bridgehead atoms. The lowest BCUT2D eigenvalue weighted by Gasteiger charge is -2.15. The van der Waals surface area contributed by atoms with Crippen LogP contribution in [0.15, 0.2) is 57.5 Å². The smallest absolute Gasteiger partial charge is 0.190 e. The van der Waals surface area contributed by atoms with Crippen LogP contribution in [0.1, 0.15) is 13.0 Å². The molecule has 23 heavy (non-hydrogen) atoms. The number of aromatic nitrogens is 1. The van der Waals surface area contributed by atoms with Crippen molar-refractivity contribution < 1.29 is 9.15 Å². The standard InChI is InChI=1S/C17H17ClN2O2S/c1-12(10-21-2)20-15(16-7-4-8-22-16)11-23-17(20)19-14-6-3-5-13(18)9-14/h3-9,11-12H,10H2,1-2H3. The molecule has 4 nitrogen and oxygen atoms in total. The number of furan rings is 1. The Morgan fingerprint density at radius 1 is 1.35 bits per heavy atom. The topological polar surface area (TPSA) is 39.7 Å². The minimum absolute atomic E-state index is 0.129. The van der Waals surface area contributed by atoms with Gasteiger partial charge in [-0.15, -0.1) is 11.3 Å². The van der Waals surface area contributed by atoms with Crippen LogP contribution in [0.3, 0.4) is 0 Å². The number of rotatable bonds is 5. The fourth-order valence-electron chi connectivity index (χ4n) is 2.40. The average molecular weight is 349 g/mol. The molecular formula is C17H17ClN2O2S. The van der Waals surface area contributed by atoms with Crippen LogP contribution in [-0.4, -0.2) is 18.3 Å². The van der Waals surface area contributed by atoms with Crippen molar-refractivity contribution in [2.24, 2.45) is 4.99 Å². The van der Waals surface area contributed by atoms with Crippen LogP contribution in [0.5, 0.6) is 0 Å². The van der Waals surface area contributed by atoms with E-state index in [1.807, 2.05) is 41.8 Å². The Hall–Kier alpha value is -1.82. The summed E-state index contributed by atoms with van der Waals surface area (Å²) in [6.45, 7) is 2.69. The second kappa shape index (κ2) is 7.17. The van der Waals surface area contributed by atoms with Gasteiger partial charge in [0, 0.05) is 17.5 Å². The number of hydrogen-bond acceptors (Lipinski definition) is 4. The van der Waals surface area contributed by atoms with E-state index in [0.29, 0.717) is 11.6 Å². The highest BCUT2D eigenvalue weighted by atomic mass is 35.5. The first-order chi connectivity index (χ1) is 11.2. The fraction of sp³-hybridized carbons (Fsp3) is 0.235. The molecule has 0 saturated carbocycles. The lowest BCUT2D eigenvalue weighted by molar-refractivity contribution is 0.161. The molecule has 0 fully saturated rings. The monoisotopic (exact) mass is 348 g/mol. The highest BCUT2D eigenvalue weighted by Gasteiger charge is 2.15. The van der Waals surface area contributed by atoms with Gasteiger partial charge < -0.3 is 13.7 Å². The van der Waals surface area contributed by atoms with Crippen LogP contribution >= 0.6 is 22.9 Å². The van der Waals surface area contributed by atoms with Gasteiger partial charge in [-0.2, -0.15) is 0 Å². The predicted molar refractivity (Wildman–Crippen MR) is 93.3 cm³/mol. The van der Waals surface area contributed by atoms with Crippen molar-refractivity contribution in [2.75, 3.05) is 13.7 Å². The van der Waals surface area contributed by atoms with Crippen LogP contribution in [0, 0.1) is 0 Å². The Morgan fingerprint density at radius 2 is 2.22 bits per heavy atom. The highest BCUT2D eigenvalue weighted by Crippen LogP contribution is 2.25. The van der Waals surface area contributed by atoms with Crippen molar-refractivity contribution in [1.29, 1.82) is 0 Å². The molecule has 3 aromatic rings. The number of hydrogen-bond donors (Lipinski definition) is 0. The molecule has 0 N–H and O–H groups in total. The third kappa shape index (κ3) is 3.58. The van der Waals surface area contributed by atoms with Crippen LogP contribution in [0.25, 0.3) is 11.5 Å². The molecule has 0 aliphatic carbocycles. The third-order valence-electron chi connectivity index (χ3n) is 3.40. The maximum atomic E-state index is 6.05. The maximum Gasteiger partial charge on any atom is 0.190 e. The average Bonchev–Trinajstić information content (AvgIpc) is 3.16. The van der Waals surface area contributed by atoms with Gasteiger partial charge in [0.05, 0.1) is 30.3 Å². The van der Waals surface area contributed by atoms with E-state index in [-0.39, 0.29) is 6.04 Å². The SMILES string of the molecule is COCC(C)n1c(-c2ccco2)csc1=Nc1cccc(Cl)c1. The lowest BCUT2D eigenvalue weighted by atomic mass is 10.3. The first kappa shape index (κ1) is 16.1. The van der Waals surface area contributed by atoms with Gasteiger partial charge in [-0.25, -0.2) is 4.99 Å². The van der Waals surface area contributed by atoms with E-state index in [1.165, 1.54) is 0 Å². The number of nitrogens with zero attached hydrogens (tertiary/aromatic N) is 2. The van der Waals surface area contributed by atoms with Crippen molar-refractivity contribution >= 4 is 28.6 Å². The molecule has 1 atom stereocenters. The minimum Gasteiger partial charge on any atom is -0.463 e. The van der Waals surface area contributed by atoms with Crippen LogP contribution < -0.4 is 4.80 Å². The van der Waals surface area contributed by atoms with E-state index < -0.39 is 0 Å². The molecule has 2 aromatic heterocycles. The molecule has 120 valence electrons. The summed E-state index contributed by atoms with van der Waals surface area (Å²) in [6.07, 6.45) is 1.67. The Morgan fingerprint density at radius 3 is 2.91 bits per heavy atom. The summed E-state index contributed by atoms with van der Waals surface area (Å²) in [4.78, 5) is 5.61. The van der Waals surface area contributed by atoms with Gasteiger partial charge in [0.25, 0.3) is 0 Å².